The summed E-state index contributed by atoms with van der Waals surface area (Å²) in [5, 5.41) is 2.90. The first-order valence-electron chi connectivity index (χ1n) is 4.72. The highest BCUT2D eigenvalue weighted by Crippen LogP contribution is 2.06. The molecule has 1 N–H and O–H groups in total. The lowest BCUT2D eigenvalue weighted by Crippen LogP contribution is -2.32. The normalized spacial score (nSPS) is 14.2. The summed E-state index contributed by atoms with van der Waals surface area (Å²) in [5.41, 5.74) is 0.453. The zero-order chi connectivity index (χ0) is 12.1. The maximum Gasteiger partial charge on any atom is 0.251 e. The zero-order valence-electron chi connectivity index (χ0n) is 9.07. The van der Waals surface area contributed by atoms with Crippen molar-refractivity contribution >= 4 is 28.3 Å². The Hall–Kier alpha value is -0.940. The van der Waals surface area contributed by atoms with E-state index < -0.39 is 10.8 Å². The quantitative estimate of drug-likeness (QED) is 0.829. The summed E-state index contributed by atoms with van der Waals surface area (Å²) in [4.78, 5) is 15.4. The van der Waals surface area contributed by atoms with Crippen molar-refractivity contribution in [3.63, 3.8) is 0 Å². The van der Waals surface area contributed by atoms with Crippen LogP contribution >= 0.6 is 11.6 Å². The number of nitrogens with one attached hydrogen (secondary N) is 1. The molecule has 0 saturated heterocycles. The van der Waals surface area contributed by atoms with Gasteiger partial charge in [-0.05, 0) is 19.1 Å². The average Bonchev–Trinajstić information content (AvgIpc) is 2.25. The van der Waals surface area contributed by atoms with Crippen molar-refractivity contribution in [2.45, 2.75) is 12.2 Å². The van der Waals surface area contributed by atoms with E-state index in [0.717, 1.165) is 0 Å². The van der Waals surface area contributed by atoms with Crippen LogP contribution in [0.15, 0.2) is 18.3 Å². The Morgan fingerprint density at radius 2 is 2.38 bits per heavy atom. The average molecular weight is 261 g/mol. The summed E-state index contributed by atoms with van der Waals surface area (Å²) >= 11 is 5.66. The van der Waals surface area contributed by atoms with E-state index >= 15 is 0 Å². The number of rotatable bonds is 4. The van der Waals surface area contributed by atoms with Crippen LogP contribution in [0.5, 0.6) is 0 Å². The monoisotopic (exact) mass is 260 g/mol. The maximum atomic E-state index is 11.6. The van der Waals surface area contributed by atoms with Crippen LogP contribution in [0.2, 0.25) is 5.15 Å². The van der Waals surface area contributed by atoms with Crippen LogP contribution in [0.25, 0.3) is 0 Å². The molecule has 0 fully saturated rings. The third-order valence-corrected chi connectivity index (χ3v) is 3.61. The molecule has 88 valence electrons. The third-order valence-electron chi connectivity index (χ3n) is 2.11. The second kappa shape index (κ2) is 5.96. The van der Waals surface area contributed by atoms with Gasteiger partial charge in [-0.15, -0.1) is 0 Å². The second-order valence-electron chi connectivity index (χ2n) is 3.39. The maximum absolute atomic E-state index is 11.6. The smallest absolute Gasteiger partial charge is 0.251 e. The molecular weight excluding hydrogens is 248 g/mol. The fourth-order valence-corrected chi connectivity index (χ4v) is 1.49. The van der Waals surface area contributed by atoms with Crippen molar-refractivity contribution in [1.82, 2.24) is 10.3 Å². The number of aromatic nitrogens is 1. The summed E-state index contributed by atoms with van der Waals surface area (Å²) in [5.74, 6) is -0.235. The fraction of sp³-hybridized carbons (Fsp3) is 0.400. The van der Waals surface area contributed by atoms with Crippen molar-refractivity contribution in [2.24, 2.45) is 0 Å². The van der Waals surface area contributed by atoms with Gasteiger partial charge in [0, 0.05) is 40.6 Å². The van der Waals surface area contributed by atoms with Gasteiger partial charge in [0.15, 0.2) is 0 Å². The van der Waals surface area contributed by atoms with Crippen LogP contribution in [0.4, 0.5) is 0 Å². The predicted octanol–water partition coefficient (Wildman–Crippen LogP) is 1.23. The number of pyridine rings is 1. The number of amides is 1. The van der Waals surface area contributed by atoms with Gasteiger partial charge in [-0.3, -0.25) is 9.00 Å². The first kappa shape index (κ1) is 13.1. The fourth-order valence-electron chi connectivity index (χ4n) is 1.000. The van der Waals surface area contributed by atoms with Gasteiger partial charge in [-0.2, -0.15) is 0 Å². The molecule has 2 atom stereocenters. The summed E-state index contributed by atoms with van der Waals surface area (Å²) in [6.45, 7) is 2.19. The number of halogens is 1. The Morgan fingerprint density at radius 1 is 1.69 bits per heavy atom. The molecule has 1 amide bonds. The van der Waals surface area contributed by atoms with Crippen LogP contribution < -0.4 is 5.32 Å². The molecule has 4 nitrogen and oxygen atoms in total. The molecule has 2 unspecified atom stereocenters. The van der Waals surface area contributed by atoms with Crippen LogP contribution in [-0.2, 0) is 10.8 Å². The van der Waals surface area contributed by atoms with Crippen molar-refractivity contribution in [1.29, 1.82) is 0 Å². The lowest BCUT2D eigenvalue weighted by Gasteiger charge is -2.09. The summed E-state index contributed by atoms with van der Waals surface area (Å²) in [7, 11) is -0.941. The number of nitrogens with zero attached hydrogens (tertiary/aromatic N) is 1. The molecule has 0 radical (unpaired) electrons. The standard InChI is InChI=1S/C10H13ClN2O2S/c1-7(16(2)15)6-13-10(14)8-3-4-12-9(11)5-8/h3-5,7H,6H2,1-2H3,(H,13,14). The molecule has 1 rings (SSSR count). The van der Waals surface area contributed by atoms with Crippen molar-refractivity contribution < 1.29 is 9.00 Å². The number of carbonyl (C=O) groups is 1. The molecule has 0 aliphatic carbocycles. The Balaban J connectivity index is 2.56. The van der Waals surface area contributed by atoms with E-state index in [-0.39, 0.29) is 16.3 Å². The van der Waals surface area contributed by atoms with Crippen molar-refractivity contribution in [3.8, 4) is 0 Å². The largest absolute Gasteiger partial charge is 0.351 e. The summed E-state index contributed by atoms with van der Waals surface area (Å²) in [6, 6.07) is 3.07. The molecule has 16 heavy (non-hydrogen) atoms. The van der Waals surface area contributed by atoms with E-state index in [1.165, 1.54) is 12.3 Å². The van der Waals surface area contributed by atoms with Gasteiger partial charge >= 0.3 is 0 Å². The molecule has 0 aliphatic rings. The van der Waals surface area contributed by atoms with Gasteiger partial charge in [-0.1, -0.05) is 11.6 Å². The predicted molar refractivity (Wildman–Crippen MR) is 65.1 cm³/mol. The lowest BCUT2D eigenvalue weighted by molar-refractivity contribution is 0.0954. The molecule has 0 spiro atoms. The third kappa shape index (κ3) is 3.90. The Kier molecular flexibility index (Phi) is 4.89. The minimum absolute atomic E-state index is 0.0683. The van der Waals surface area contributed by atoms with E-state index in [2.05, 4.69) is 10.3 Å². The highest BCUT2D eigenvalue weighted by molar-refractivity contribution is 7.84. The van der Waals surface area contributed by atoms with Crippen LogP contribution in [-0.4, -0.2) is 33.2 Å². The van der Waals surface area contributed by atoms with Gasteiger partial charge < -0.3 is 5.32 Å². The number of hydrogen-bond acceptors (Lipinski definition) is 3. The molecule has 0 aliphatic heterocycles. The summed E-state index contributed by atoms with van der Waals surface area (Å²) in [6.07, 6.45) is 3.08. The van der Waals surface area contributed by atoms with E-state index in [1.807, 2.05) is 6.92 Å². The van der Waals surface area contributed by atoms with E-state index in [0.29, 0.717) is 12.1 Å². The van der Waals surface area contributed by atoms with E-state index in [9.17, 15) is 9.00 Å². The summed E-state index contributed by atoms with van der Waals surface area (Å²) < 4.78 is 11.1. The molecule has 0 saturated carbocycles. The highest BCUT2D eigenvalue weighted by Gasteiger charge is 2.10. The van der Waals surface area contributed by atoms with Crippen molar-refractivity contribution in [3.05, 3.63) is 29.0 Å². The molecule has 1 heterocycles. The molecular formula is C10H13ClN2O2S. The highest BCUT2D eigenvalue weighted by atomic mass is 35.5. The van der Waals surface area contributed by atoms with Crippen LogP contribution in [0.3, 0.4) is 0 Å². The Morgan fingerprint density at radius 3 is 2.94 bits per heavy atom. The minimum Gasteiger partial charge on any atom is -0.351 e. The Labute approximate surface area is 102 Å². The van der Waals surface area contributed by atoms with Gasteiger partial charge in [0.05, 0.1) is 0 Å². The van der Waals surface area contributed by atoms with Gasteiger partial charge in [-0.25, -0.2) is 4.98 Å². The molecule has 1 aromatic heterocycles. The van der Waals surface area contributed by atoms with Gasteiger partial charge in [0.25, 0.3) is 5.91 Å². The second-order valence-corrected chi connectivity index (χ2v) is 5.58. The molecule has 6 heteroatoms. The number of carbonyl (C=O) groups excluding carboxylic acids is 1. The molecule has 0 aromatic carbocycles. The van der Waals surface area contributed by atoms with Crippen LogP contribution in [0, 0.1) is 0 Å². The number of hydrogen-bond donors (Lipinski definition) is 1. The van der Waals surface area contributed by atoms with Crippen molar-refractivity contribution in [2.75, 3.05) is 12.8 Å². The molecule has 0 bridgehead atoms. The Bertz CT molecular complexity index is 412. The van der Waals surface area contributed by atoms with E-state index in [1.54, 1.807) is 12.3 Å². The minimum atomic E-state index is -0.941. The first-order chi connectivity index (χ1) is 7.50. The zero-order valence-corrected chi connectivity index (χ0v) is 10.6. The first-order valence-corrected chi connectivity index (χ1v) is 6.72. The van der Waals surface area contributed by atoms with E-state index in [4.69, 9.17) is 11.6 Å². The van der Waals surface area contributed by atoms with Gasteiger partial charge in [0.2, 0.25) is 0 Å². The lowest BCUT2D eigenvalue weighted by atomic mass is 10.2. The SMILES string of the molecule is CC(CNC(=O)c1ccnc(Cl)c1)S(C)=O. The van der Waals surface area contributed by atoms with Crippen LogP contribution in [0.1, 0.15) is 17.3 Å². The molecule has 1 aromatic rings. The topological polar surface area (TPSA) is 59.1 Å². The van der Waals surface area contributed by atoms with Gasteiger partial charge in [0.1, 0.15) is 5.15 Å².